The lowest BCUT2D eigenvalue weighted by Crippen LogP contribution is -2.41. The number of methoxy groups -OCH3 is 2. The number of hydrogen-bond acceptors (Lipinski definition) is 5. The van der Waals surface area contributed by atoms with Crippen molar-refractivity contribution in [2.45, 2.75) is 39.3 Å². The van der Waals surface area contributed by atoms with Crippen molar-refractivity contribution in [3.05, 3.63) is 53.5 Å². The highest BCUT2D eigenvalue weighted by Crippen LogP contribution is 2.20. The zero-order valence-electron chi connectivity index (χ0n) is 18.2. The first-order valence-electron chi connectivity index (χ1n) is 10.8. The zero-order chi connectivity index (χ0) is 20.5. The summed E-state index contributed by atoms with van der Waals surface area (Å²) in [5, 5.41) is 0. The summed E-state index contributed by atoms with van der Waals surface area (Å²) in [6.07, 6.45) is 3.69. The van der Waals surface area contributed by atoms with Crippen LogP contribution in [0.5, 0.6) is 5.75 Å². The fourth-order valence-corrected chi connectivity index (χ4v) is 4.24. The average molecular weight is 401 g/mol. The van der Waals surface area contributed by atoms with Gasteiger partial charge in [-0.1, -0.05) is 19.1 Å². The van der Waals surface area contributed by atoms with Gasteiger partial charge in [0.1, 0.15) is 23.9 Å². The Bertz CT molecular complexity index is 730. The van der Waals surface area contributed by atoms with Crippen LogP contribution in [-0.2, 0) is 24.3 Å². The van der Waals surface area contributed by atoms with Crippen molar-refractivity contribution in [2.24, 2.45) is 5.92 Å². The Morgan fingerprint density at radius 2 is 2.03 bits per heavy atom. The van der Waals surface area contributed by atoms with Gasteiger partial charge in [-0.2, -0.15) is 0 Å². The maximum absolute atomic E-state index is 5.89. The second-order valence-electron chi connectivity index (χ2n) is 8.04. The quantitative estimate of drug-likeness (QED) is 0.565. The fraction of sp³-hybridized carbons (Fsp3) is 0.583. The Morgan fingerprint density at radius 3 is 2.83 bits per heavy atom. The number of nitrogens with zero attached hydrogens (tertiary/aromatic N) is 2. The molecule has 0 saturated carbocycles. The van der Waals surface area contributed by atoms with Crippen LogP contribution in [0.1, 0.15) is 36.8 Å². The van der Waals surface area contributed by atoms with Crippen LogP contribution in [0.2, 0.25) is 0 Å². The molecule has 160 valence electrons. The molecule has 1 fully saturated rings. The zero-order valence-corrected chi connectivity index (χ0v) is 18.2. The summed E-state index contributed by atoms with van der Waals surface area (Å²) in [5.41, 5.74) is 1.35. The molecule has 0 bridgehead atoms. The molecule has 3 rings (SSSR count). The van der Waals surface area contributed by atoms with Gasteiger partial charge in [0.2, 0.25) is 0 Å². The minimum absolute atomic E-state index is 0.539. The number of rotatable bonds is 11. The number of benzene rings is 1. The molecule has 1 aromatic heterocycles. The van der Waals surface area contributed by atoms with Crippen molar-refractivity contribution in [1.82, 2.24) is 9.80 Å². The normalized spacial score (nSPS) is 17.7. The number of furan rings is 1. The molecule has 0 N–H and O–H groups in total. The molecule has 2 aromatic rings. The molecule has 0 unspecified atom stereocenters. The van der Waals surface area contributed by atoms with E-state index in [0.717, 1.165) is 55.8 Å². The summed E-state index contributed by atoms with van der Waals surface area (Å²) in [4.78, 5) is 5.14. The predicted octanol–water partition coefficient (Wildman–Crippen LogP) is 4.21. The van der Waals surface area contributed by atoms with E-state index in [9.17, 15) is 0 Å². The van der Waals surface area contributed by atoms with E-state index < -0.39 is 0 Å². The van der Waals surface area contributed by atoms with Crippen molar-refractivity contribution in [1.29, 1.82) is 0 Å². The van der Waals surface area contributed by atoms with Gasteiger partial charge in [-0.25, -0.2) is 0 Å². The lowest BCUT2D eigenvalue weighted by atomic mass is 9.96. The summed E-state index contributed by atoms with van der Waals surface area (Å²) in [6.45, 7) is 9.35. The smallest absolute Gasteiger partial charge is 0.129 e. The second kappa shape index (κ2) is 11.4. The van der Waals surface area contributed by atoms with E-state index in [1.54, 1.807) is 14.2 Å². The third-order valence-electron chi connectivity index (χ3n) is 5.80. The monoisotopic (exact) mass is 400 g/mol. The summed E-state index contributed by atoms with van der Waals surface area (Å²) in [6, 6.07) is 12.5. The van der Waals surface area contributed by atoms with Crippen molar-refractivity contribution in [2.75, 3.05) is 46.9 Å². The number of ether oxygens (including phenoxy) is 2. The molecule has 2 heterocycles. The topological polar surface area (TPSA) is 38.1 Å². The predicted molar refractivity (Wildman–Crippen MR) is 116 cm³/mol. The van der Waals surface area contributed by atoms with Crippen LogP contribution in [-0.4, -0.2) is 56.7 Å². The second-order valence-corrected chi connectivity index (χ2v) is 8.04. The molecule has 0 aliphatic carbocycles. The molecule has 1 aliphatic heterocycles. The maximum Gasteiger partial charge on any atom is 0.129 e. The standard InChI is InChI=1S/C24H36N2O3/c1-4-25(18-23-10-11-24(29-23)19-27-2)16-21-8-6-13-26(17-21)14-12-20-7-5-9-22(15-20)28-3/h5,7,9-11,15,21H,4,6,8,12-14,16-19H2,1-3H3/t21-/m1/s1. The van der Waals surface area contributed by atoms with Gasteiger partial charge >= 0.3 is 0 Å². The van der Waals surface area contributed by atoms with Crippen molar-refractivity contribution >= 4 is 0 Å². The Morgan fingerprint density at radius 1 is 1.17 bits per heavy atom. The van der Waals surface area contributed by atoms with Crippen molar-refractivity contribution in [3.63, 3.8) is 0 Å². The lowest BCUT2D eigenvalue weighted by Gasteiger charge is -2.35. The minimum Gasteiger partial charge on any atom is -0.497 e. The highest BCUT2D eigenvalue weighted by Gasteiger charge is 2.22. The molecule has 5 nitrogen and oxygen atoms in total. The lowest BCUT2D eigenvalue weighted by molar-refractivity contribution is 0.126. The SMILES string of the molecule is CCN(Cc1ccc(COC)o1)C[C@H]1CCCN(CCc2cccc(OC)c2)C1. The molecule has 0 spiro atoms. The van der Waals surface area contributed by atoms with Crippen LogP contribution in [0.4, 0.5) is 0 Å². The summed E-state index contributed by atoms with van der Waals surface area (Å²) >= 11 is 0. The van der Waals surface area contributed by atoms with Gasteiger partial charge in [0.25, 0.3) is 0 Å². The van der Waals surface area contributed by atoms with Gasteiger partial charge in [-0.3, -0.25) is 4.90 Å². The van der Waals surface area contributed by atoms with Gasteiger partial charge in [0.05, 0.1) is 13.7 Å². The molecular weight excluding hydrogens is 364 g/mol. The van der Waals surface area contributed by atoms with E-state index in [1.807, 2.05) is 12.1 Å². The van der Waals surface area contributed by atoms with Crippen LogP contribution in [0.3, 0.4) is 0 Å². The Balaban J connectivity index is 1.47. The largest absolute Gasteiger partial charge is 0.497 e. The summed E-state index contributed by atoms with van der Waals surface area (Å²) in [7, 11) is 3.43. The Labute approximate surface area is 175 Å². The fourth-order valence-electron chi connectivity index (χ4n) is 4.24. The summed E-state index contributed by atoms with van der Waals surface area (Å²) < 4.78 is 16.4. The first-order chi connectivity index (χ1) is 14.2. The first kappa shape index (κ1) is 21.9. The highest BCUT2D eigenvalue weighted by molar-refractivity contribution is 5.28. The van der Waals surface area contributed by atoms with Gasteiger partial charge in [-0.05, 0) is 68.1 Å². The van der Waals surface area contributed by atoms with Crippen LogP contribution < -0.4 is 4.74 Å². The number of hydrogen-bond donors (Lipinski definition) is 0. The van der Waals surface area contributed by atoms with Crippen molar-refractivity contribution < 1.29 is 13.9 Å². The average Bonchev–Trinajstić information content (AvgIpc) is 3.19. The molecular formula is C24H36N2O3. The molecule has 1 aliphatic rings. The molecule has 5 heteroatoms. The van der Waals surface area contributed by atoms with Crippen LogP contribution >= 0.6 is 0 Å². The first-order valence-corrected chi connectivity index (χ1v) is 10.8. The van der Waals surface area contributed by atoms with E-state index in [2.05, 4.69) is 41.0 Å². The number of likely N-dealkylation sites (tertiary alicyclic amines) is 1. The molecule has 1 aromatic carbocycles. The highest BCUT2D eigenvalue weighted by atomic mass is 16.5. The minimum atomic E-state index is 0.539. The van der Waals surface area contributed by atoms with Gasteiger partial charge in [0, 0.05) is 26.7 Å². The molecule has 0 radical (unpaired) electrons. The van der Waals surface area contributed by atoms with Gasteiger partial charge in [-0.15, -0.1) is 0 Å². The van der Waals surface area contributed by atoms with E-state index in [1.165, 1.54) is 31.5 Å². The van der Waals surface area contributed by atoms with Gasteiger partial charge in [0.15, 0.2) is 0 Å². The van der Waals surface area contributed by atoms with Crippen LogP contribution in [0.15, 0.2) is 40.8 Å². The Kier molecular flexibility index (Phi) is 8.59. The Hall–Kier alpha value is -1.82. The molecule has 0 amide bonds. The van der Waals surface area contributed by atoms with E-state index in [4.69, 9.17) is 13.9 Å². The van der Waals surface area contributed by atoms with Crippen molar-refractivity contribution in [3.8, 4) is 5.75 Å². The maximum atomic E-state index is 5.89. The third kappa shape index (κ3) is 6.88. The van der Waals surface area contributed by atoms with Crippen LogP contribution in [0, 0.1) is 5.92 Å². The molecule has 29 heavy (non-hydrogen) atoms. The van der Waals surface area contributed by atoms with E-state index >= 15 is 0 Å². The molecule has 1 atom stereocenters. The third-order valence-corrected chi connectivity index (χ3v) is 5.80. The van der Waals surface area contributed by atoms with E-state index in [0.29, 0.717) is 6.61 Å². The number of piperidine rings is 1. The summed E-state index contributed by atoms with van der Waals surface area (Å²) in [5.74, 6) is 3.61. The van der Waals surface area contributed by atoms with Gasteiger partial charge < -0.3 is 18.8 Å². The van der Waals surface area contributed by atoms with Crippen LogP contribution in [0.25, 0.3) is 0 Å². The van der Waals surface area contributed by atoms with E-state index in [-0.39, 0.29) is 0 Å². The molecule has 1 saturated heterocycles.